The molecule has 8 nitrogen and oxygen atoms in total. The highest BCUT2D eigenvalue weighted by Crippen LogP contribution is 2.18. The zero-order valence-corrected chi connectivity index (χ0v) is 13.4. The molecule has 1 unspecified atom stereocenters. The minimum absolute atomic E-state index is 0.133. The van der Waals surface area contributed by atoms with Crippen molar-refractivity contribution in [2.75, 3.05) is 37.7 Å². The standard InChI is InChI=1S/C16H20N6O2/c23-16(13-2-1-11-24-13)21-9-7-20(8-10-21)14-3-4-15(19-18-14)22-6-5-17-12-22/h3-6,12-13H,1-2,7-11H2. The zero-order chi connectivity index (χ0) is 16.4. The molecule has 0 saturated carbocycles. The van der Waals surface area contributed by atoms with Crippen LogP contribution in [0.4, 0.5) is 5.82 Å². The first-order valence-corrected chi connectivity index (χ1v) is 8.29. The molecular formula is C16H20N6O2. The van der Waals surface area contributed by atoms with Crippen molar-refractivity contribution in [3.63, 3.8) is 0 Å². The van der Waals surface area contributed by atoms with E-state index >= 15 is 0 Å². The third kappa shape index (κ3) is 2.96. The van der Waals surface area contributed by atoms with Gasteiger partial charge in [-0.05, 0) is 25.0 Å². The average Bonchev–Trinajstić information content (AvgIpc) is 3.35. The number of nitrogens with zero attached hydrogens (tertiary/aromatic N) is 6. The quantitative estimate of drug-likeness (QED) is 0.816. The molecule has 0 radical (unpaired) electrons. The molecule has 2 aliphatic heterocycles. The number of anilines is 1. The topological polar surface area (TPSA) is 76.4 Å². The van der Waals surface area contributed by atoms with Gasteiger partial charge >= 0.3 is 0 Å². The van der Waals surface area contributed by atoms with Gasteiger partial charge in [0, 0.05) is 45.2 Å². The molecule has 2 aliphatic rings. The Hall–Kier alpha value is -2.48. The summed E-state index contributed by atoms with van der Waals surface area (Å²) < 4.78 is 7.31. The van der Waals surface area contributed by atoms with Crippen LogP contribution in [0, 0.1) is 0 Å². The Morgan fingerprint density at radius 1 is 1.12 bits per heavy atom. The van der Waals surface area contributed by atoms with Crippen LogP contribution in [-0.2, 0) is 9.53 Å². The number of carbonyl (C=O) groups is 1. The van der Waals surface area contributed by atoms with Crippen molar-refractivity contribution < 1.29 is 9.53 Å². The van der Waals surface area contributed by atoms with E-state index in [9.17, 15) is 4.79 Å². The van der Waals surface area contributed by atoms with Crippen molar-refractivity contribution in [3.05, 3.63) is 30.9 Å². The maximum atomic E-state index is 12.4. The van der Waals surface area contributed by atoms with Crippen molar-refractivity contribution in [1.82, 2.24) is 24.6 Å². The summed E-state index contributed by atoms with van der Waals surface area (Å²) in [7, 11) is 0. The third-order valence-corrected chi connectivity index (χ3v) is 4.53. The van der Waals surface area contributed by atoms with Gasteiger partial charge in [-0.3, -0.25) is 9.36 Å². The molecule has 4 rings (SSSR count). The summed E-state index contributed by atoms with van der Waals surface area (Å²) in [6, 6.07) is 3.88. The predicted octanol–water partition coefficient (Wildman–Crippen LogP) is 0.490. The highest BCUT2D eigenvalue weighted by Gasteiger charge is 2.30. The van der Waals surface area contributed by atoms with Gasteiger partial charge in [0.25, 0.3) is 5.91 Å². The Morgan fingerprint density at radius 2 is 1.92 bits per heavy atom. The highest BCUT2D eigenvalue weighted by molar-refractivity contribution is 5.81. The van der Waals surface area contributed by atoms with Crippen LogP contribution < -0.4 is 4.90 Å². The van der Waals surface area contributed by atoms with Gasteiger partial charge in [-0.15, -0.1) is 10.2 Å². The number of imidazole rings is 1. The number of amides is 1. The summed E-state index contributed by atoms with van der Waals surface area (Å²) in [5, 5.41) is 8.55. The lowest BCUT2D eigenvalue weighted by atomic mass is 10.2. The van der Waals surface area contributed by atoms with Crippen molar-refractivity contribution in [1.29, 1.82) is 0 Å². The molecule has 2 fully saturated rings. The van der Waals surface area contributed by atoms with Crippen LogP contribution >= 0.6 is 0 Å². The van der Waals surface area contributed by atoms with Crippen LogP contribution in [0.25, 0.3) is 5.82 Å². The number of rotatable bonds is 3. The molecule has 2 saturated heterocycles. The summed E-state index contributed by atoms with van der Waals surface area (Å²) in [6.07, 6.45) is 6.83. The number of hydrogen-bond donors (Lipinski definition) is 0. The largest absolute Gasteiger partial charge is 0.368 e. The lowest BCUT2D eigenvalue weighted by Gasteiger charge is -2.36. The van der Waals surface area contributed by atoms with E-state index in [2.05, 4.69) is 20.1 Å². The van der Waals surface area contributed by atoms with Crippen molar-refractivity contribution in [3.8, 4) is 5.82 Å². The molecule has 0 aromatic carbocycles. The van der Waals surface area contributed by atoms with Gasteiger partial charge in [0.15, 0.2) is 11.6 Å². The van der Waals surface area contributed by atoms with Crippen LogP contribution in [0.5, 0.6) is 0 Å². The predicted molar refractivity (Wildman–Crippen MR) is 86.9 cm³/mol. The minimum Gasteiger partial charge on any atom is -0.368 e. The Morgan fingerprint density at radius 3 is 2.54 bits per heavy atom. The maximum Gasteiger partial charge on any atom is 0.251 e. The van der Waals surface area contributed by atoms with E-state index in [1.807, 2.05) is 27.8 Å². The second kappa shape index (κ2) is 6.56. The van der Waals surface area contributed by atoms with E-state index in [1.165, 1.54) is 0 Å². The normalized spacial score (nSPS) is 21.2. The summed E-state index contributed by atoms with van der Waals surface area (Å²) in [6.45, 7) is 3.62. The monoisotopic (exact) mass is 328 g/mol. The van der Waals surface area contributed by atoms with Crippen LogP contribution in [-0.4, -0.2) is 69.4 Å². The minimum atomic E-state index is -0.231. The second-order valence-electron chi connectivity index (χ2n) is 6.03. The molecule has 8 heteroatoms. The molecule has 1 amide bonds. The lowest BCUT2D eigenvalue weighted by molar-refractivity contribution is -0.141. The van der Waals surface area contributed by atoms with Crippen LogP contribution in [0.2, 0.25) is 0 Å². The number of carbonyl (C=O) groups excluding carboxylic acids is 1. The Labute approximate surface area is 140 Å². The number of hydrogen-bond acceptors (Lipinski definition) is 6. The first kappa shape index (κ1) is 15.1. The SMILES string of the molecule is O=C(C1CCCO1)N1CCN(c2ccc(-n3ccnc3)nn2)CC1. The first-order valence-electron chi connectivity index (χ1n) is 8.29. The fourth-order valence-corrected chi connectivity index (χ4v) is 3.15. The van der Waals surface area contributed by atoms with Crippen LogP contribution in [0.3, 0.4) is 0 Å². The molecule has 2 aromatic rings. The van der Waals surface area contributed by atoms with E-state index in [0.717, 1.165) is 37.6 Å². The Bertz CT molecular complexity index is 673. The number of ether oxygens (including phenoxy) is 1. The smallest absolute Gasteiger partial charge is 0.251 e. The maximum absolute atomic E-state index is 12.4. The molecule has 126 valence electrons. The van der Waals surface area contributed by atoms with Crippen molar-refractivity contribution in [2.24, 2.45) is 0 Å². The van der Waals surface area contributed by atoms with Gasteiger partial charge in [0.05, 0.1) is 0 Å². The van der Waals surface area contributed by atoms with Gasteiger partial charge in [0.2, 0.25) is 0 Å². The van der Waals surface area contributed by atoms with E-state index in [1.54, 1.807) is 12.5 Å². The molecule has 0 N–H and O–H groups in total. The molecule has 0 aliphatic carbocycles. The average molecular weight is 328 g/mol. The molecule has 24 heavy (non-hydrogen) atoms. The second-order valence-corrected chi connectivity index (χ2v) is 6.03. The summed E-state index contributed by atoms with van der Waals surface area (Å²) >= 11 is 0. The lowest BCUT2D eigenvalue weighted by Crippen LogP contribution is -2.51. The molecule has 0 bridgehead atoms. The summed E-state index contributed by atoms with van der Waals surface area (Å²) in [5.41, 5.74) is 0. The van der Waals surface area contributed by atoms with Crippen LogP contribution in [0.15, 0.2) is 30.9 Å². The van der Waals surface area contributed by atoms with Crippen molar-refractivity contribution in [2.45, 2.75) is 18.9 Å². The van der Waals surface area contributed by atoms with Gasteiger partial charge in [-0.25, -0.2) is 4.98 Å². The van der Waals surface area contributed by atoms with E-state index in [-0.39, 0.29) is 12.0 Å². The first-order chi connectivity index (χ1) is 11.8. The van der Waals surface area contributed by atoms with Gasteiger partial charge < -0.3 is 14.5 Å². The zero-order valence-electron chi connectivity index (χ0n) is 13.4. The Balaban J connectivity index is 1.36. The van der Waals surface area contributed by atoms with Crippen molar-refractivity contribution >= 4 is 11.7 Å². The molecule has 0 spiro atoms. The number of piperazine rings is 1. The molecule has 1 atom stereocenters. The van der Waals surface area contributed by atoms with E-state index < -0.39 is 0 Å². The van der Waals surface area contributed by atoms with Crippen LogP contribution in [0.1, 0.15) is 12.8 Å². The van der Waals surface area contributed by atoms with E-state index in [0.29, 0.717) is 19.7 Å². The molecule has 2 aromatic heterocycles. The highest BCUT2D eigenvalue weighted by atomic mass is 16.5. The summed E-state index contributed by atoms with van der Waals surface area (Å²) in [4.78, 5) is 20.4. The third-order valence-electron chi connectivity index (χ3n) is 4.53. The van der Waals surface area contributed by atoms with E-state index in [4.69, 9.17) is 4.74 Å². The fraction of sp³-hybridized carbons (Fsp3) is 0.500. The summed E-state index contributed by atoms with van der Waals surface area (Å²) in [5.74, 6) is 1.71. The number of aromatic nitrogens is 4. The molecular weight excluding hydrogens is 308 g/mol. The fourth-order valence-electron chi connectivity index (χ4n) is 3.15. The van der Waals surface area contributed by atoms with Gasteiger partial charge in [0.1, 0.15) is 12.4 Å². The Kier molecular flexibility index (Phi) is 4.12. The molecule has 4 heterocycles. The van der Waals surface area contributed by atoms with Gasteiger partial charge in [-0.1, -0.05) is 0 Å². The van der Waals surface area contributed by atoms with Gasteiger partial charge in [-0.2, -0.15) is 0 Å².